The minimum absolute atomic E-state index is 0.0198. The van der Waals surface area contributed by atoms with Gasteiger partial charge in [-0.05, 0) is 72.4 Å². The molecule has 3 aliphatic rings. The minimum Gasteiger partial charge on any atom is -0.459 e. The lowest BCUT2D eigenvalue weighted by Gasteiger charge is -2.30. The Labute approximate surface area is 366 Å². The number of amides is 4. The van der Waals surface area contributed by atoms with Gasteiger partial charge in [-0.2, -0.15) is 17.7 Å². The molecule has 4 amide bonds. The van der Waals surface area contributed by atoms with Crippen molar-refractivity contribution < 1.29 is 37.1 Å². The van der Waals surface area contributed by atoms with Crippen LogP contribution in [-0.2, 0) is 29.3 Å². The Morgan fingerprint density at radius 3 is 2.50 bits per heavy atom. The zero-order valence-electron chi connectivity index (χ0n) is 36.2. The second-order valence-electron chi connectivity index (χ2n) is 17.7. The lowest BCUT2D eigenvalue weighted by molar-refractivity contribution is -0.141. The molecule has 4 heterocycles. The highest BCUT2D eigenvalue weighted by atomic mass is 32.2. The van der Waals surface area contributed by atoms with Crippen molar-refractivity contribution >= 4 is 56.4 Å². The fourth-order valence-corrected chi connectivity index (χ4v) is 9.51. The number of nitrogens with one attached hydrogen (secondary N) is 3. The Hall–Kier alpha value is -5.33. The Balaban J connectivity index is 1.23. The molecule has 0 spiro atoms. The van der Waals surface area contributed by atoms with Crippen LogP contribution in [0, 0.1) is 5.92 Å². The Bertz CT molecular complexity index is 2460. The van der Waals surface area contributed by atoms with E-state index in [1.54, 1.807) is 20.8 Å². The molecule has 5 atom stereocenters. The number of imidazole rings is 1. The average Bonchev–Trinajstić information content (AvgIpc) is 3.56. The summed E-state index contributed by atoms with van der Waals surface area (Å²) >= 11 is 1.52. The van der Waals surface area contributed by atoms with Crippen molar-refractivity contribution in [3.63, 3.8) is 0 Å². The van der Waals surface area contributed by atoms with E-state index in [0.717, 1.165) is 44.5 Å². The molecule has 1 aliphatic carbocycles. The standard InChI is InChI=1S/C44H56N8O8S2/c1-27(2)52-34-22-16-20-31(38-45-33(26-61-38)28-17-12-11-13-18-28)36(34)47-41(52)59-30-23-35-37(53)48-44(40(55)49-62(57,58)50(6)7)24-29(44)19-14-9-8-10-15-21-32(39(54)51(35)25-30)46-42(56)60-43(3,4)5/h11-14,16-20,22,26-27,29-30,32,35H,8-10,15,21,23-25H2,1-7H3,(H,46,56)(H,48,53)(H,49,55). The molecule has 332 valence electrons. The molecule has 2 aromatic carbocycles. The lowest BCUT2D eigenvalue weighted by Crippen LogP contribution is -2.58. The summed E-state index contributed by atoms with van der Waals surface area (Å²) in [6.45, 7) is 9.18. The monoisotopic (exact) mass is 888 g/mol. The van der Waals surface area contributed by atoms with Crippen LogP contribution in [0.2, 0.25) is 0 Å². The van der Waals surface area contributed by atoms with Crippen molar-refractivity contribution in [3.8, 4) is 27.8 Å². The number of carbonyl (C=O) groups excluding carboxylic acids is 4. The normalized spacial score (nSPS) is 23.6. The summed E-state index contributed by atoms with van der Waals surface area (Å²) in [5.41, 5.74) is 1.79. The van der Waals surface area contributed by atoms with E-state index in [9.17, 15) is 27.6 Å². The van der Waals surface area contributed by atoms with Gasteiger partial charge in [-0.3, -0.25) is 19.0 Å². The highest BCUT2D eigenvalue weighted by Crippen LogP contribution is 2.46. The van der Waals surface area contributed by atoms with Gasteiger partial charge in [0.2, 0.25) is 11.8 Å². The van der Waals surface area contributed by atoms with Gasteiger partial charge >= 0.3 is 16.3 Å². The number of ether oxygens (including phenoxy) is 2. The summed E-state index contributed by atoms with van der Waals surface area (Å²) in [6.07, 6.45) is 5.55. The predicted octanol–water partition coefficient (Wildman–Crippen LogP) is 5.97. The van der Waals surface area contributed by atoms with E-state index >= 15 is 0 Å². The molecule has 2 aliphatic heterocycles. The average molecular weight is 889 g/mol. The van der Waals surface area contributed by atoms with Crippen LogP contribution in [0.15, 0.2) is 66.1 Å². The van der Waals surface area contributed by atoms with Gasteiger partial charge in [-0.1, -0.05) is 61.4 Å². The number of para-hydroxylation sites is 1. The summed E-state index contributed by atoms with van der Waals surface area (Å²) in [5.74, 6) is -2.51. The van der Waals surface area contributed by atoms with Crippen molar-refractivity contribution in [3.05, 3.63) is 66.1 Å². The Morgan fingerprint density at radius 1 is 1.03 bits per heavy atom. The molecule has 1 saturated carbocycles. The van der Waals surface area contributed by atoms with Gasteiger partial charge in [0.15, 0.2) is 0 Å². The van der Waals surface area contributed by atoms with Crippen LogP contribution in [0.25, 0.3) is 32.9 Å². The van der Waals surface area contributed by atoms with Crippen LogP contribution in [-0.4, -0.2) is 106 Å². The Kier molecular flexibility index (Phi) is 12.8. The number of rotatable bonds is 9. The largest absolute Gasteiger partial charge is 0.459 e. The zero-order chi connectivity index (χ0) is 44.6. The van der Waals surface area contributed by atoms with Gasteiger partial charge in [0.25, 0.3) is 11.9 Å². The molecule has 18 heteroatoms. The number of hydrogen-bond acceptors (Lipinski definition) is 11. The topological polar surface area (TPSA) is 194 Å². The van der Waals surface area contributed by atoms with Crippen LogP contribution in [0.5, 0.6) is 6.01 Å². The van der Waals surface area contributed by atoms with Crippen molar-refractivity contribution in [2.24, 2.45) is 5.92 Å². The van der Waals surface area contributed by atoms with Crippen LogP contribution in [0.4, 0.5) is 4.79 Å². The summed E-state index contributed by atoms with van der Waals surface area (Å²) < 4.78 is 42.9. The first-order chi connectivity index (χ1) is 29.4. The third-order valence-corrected chi connectivity index (χ3v) is 13.6. The first-order valence-electron chi connectivity index (χ1n) is 21.1. The first kappa shape index (κ1) is 44.7. The van der Waals surface area contributed by atoms with Gasteiger partial charge in [0, 0.05) is 49.0 Å². The molecule has 3 N–H and O–H groups in total. The SMILES string of the molecule is CC(C)n1c(OC2CC3C(=O)NC4(C(=O)NS(=O)(=O)N(C)C)CC4C=CCCCCCC(NC(=O)OC(C)(C)C)C(=O)N3C2)nc2c(-c3nc(-c4ccccc4)cs3)cccc21. The smallest absolute Gasteiger partial charge is 0.408 e. The molecule has 4 aromatic rings. The first-order valence-corrected chi connectivity index (χ1v) is 23.4. The number of hydrogen-bond donors (Lipinski definition) is 3. The third-order valence-electron chi connectivity index (χ3n) is 11.3. The summed E-state index contributed by atoms with van der Waals surface area (Å²) in [7, 11) is -1.59. The van der Waals surface area contributed by atoms with E-state index in [2.05, 4.69) is 15.4 Å². The van der Waals surface area contributed by atoms with E-state index in [4.69, 9.17) is 19.4 Å². The van der Waals surface area contributed by atoms with E-state index in [0.29, 0.717) is 30.8 Å². The van der Waals surface area contributed by atoms with E-state index in [1.807, 2.05) is 84.5 Å². The molecule has 2 aromatic heterocycles. The number of thiazole rings is 1. The van der Waals surface area contributed by atoms with Crippen molar-refractivity contribution in [1.29, 1.82) is 0 Å². The minimum atomic E-state index is -4.19. The zero-order valence-corrected chi connectivity index (χ0v) is 37.8. The second kappa shape index (κ2) is 17.8. The van der Waals surface area contributed by atoms with Gasteiger partial charge < -0.3 is 25.0 Å². The molecular weight excluding hydrogens is 833 g/mol. The second-order valence-corrected chi connectivity index (χ2v) is 20.4. The number of fused-ring (bicyclic) bond motifs is 3. The maximum atomic E-state index is 14.7. The molecule has 0 radical (unpaired) electrons. The molecule has 5 unspecified atom stereocenters. The molecular formula is C44H56N8O8S2. The summed E-state index contributed by atoms with van der Waals surface area (Å²) in [4.78, 5) is 67.7. The number of nitrogens with zero attached hydrogens (tertiary/aromatic N) is 5. The van der Waals surface area contributed by atoms with E-state index in [1.165, 1.54) is 30.3 Å². The van der Waals surface area contributed by atoms with Crippen LogP contribution >= 0.6 is 11.3 Å². The highest BCUT2D eigenvalue weighted by Gasteiger charge is 2.62. The quantitative estimate of drug-likeness (QED) is 0.169. The van der Waals surface area contributed by atoms with Crippen molar-refractivity contribution in [2.75, 3.05) is 20.6 Å². The molecule has 16 nitrogen and oxygen atoms in total. The summed E-state index contributed by atoms with van der Waals surface area (Å²) in [5, 5.41) is 8.45. The van der Waals surface area contributed by atoms with E-state index < -0.39 is 69.3 Å². The van der Waals surface area contributed by atoms with Gasteiger partial charge in [0.05, 0.1) is 17.8 Å². The molecule has 2 fully saturated rings. The van der Waals surface area contributed by atoms with E-state index in [-0.39, 0.29) is 25.4 Å². The summed E-state index contributed by atoms with van der Waals surface area (Å²) in [6, 6.07) is 13.8. The van der Waals surface area contributed by atoms with Crippen molar-refractivity contribution in [1.82, 2.24) is 39.1 Å². The predicted molar refractivity (Wildman–Crippen MR) is 236 cm³/mol. The fourth-order valence-electron chi connectivity index (χ4n) is 8.05. The molecule has 0 bridgehead atoms. The maximum absolute atomic E-state index is 14.7. The van der Waals surface area contributed by atoms with Crippen LogP contribution < -0.4 is 20.1 Å². The highest BCUT2D eigenvalue weighted by molar-refractivity contribution is 7.87. The number of alkyl carbamates (subject to hydrolysis) is 1. The lowest BCUT2D eigenvalue weighted by atomic mass is 10.0. The fraction of sp³-hybridized carbons (Fsp3) is 0.500. The molecule has 1 saturated heterocycles. The van der Waals surface area contributed by atoms with Crippen molar-refractivity contribution in [2.45, 2.75) is 115 Å². The molecule has 62 heavy (non-hydrogen) atoms. The Morgan fingerprint density at radius 2 is 1.79 bits per heavy atom. The molecule has 7 rings (SSSR count). The number of carbonyl (C=O) groups is 4. The number of aromatic nitrogens is 3. The van der Waals surface area contributed by atoms with Gasteiger partial charge in [-0.25, -0.2) is 14.5 Å². The van der Waals surface area contributed by atoms with Gasteiger partial charge in [0.1, 0.15) is 39.9 Å². The number of benzene rings is 2. The third kappa shape index (κ3) is 9.66. The van der Waals surface area contributed by atoms with Crippen LogP contribution in [0.3, 0.4) is 0 Å². The maximum Gasteiger partial charge on any atom is 0.408 e. The van der Waals surface area contributed by atoms with Crippen LogP contribution in [0.1, 0.15) is 85.6 Å². The van der Waals surface area contributed by atoms with Gasteiger partial charge in [-0.15, -0.1) is 11.3 Å². The number of allylic oxidation sites excluding steroid dienone is 1.